The fourth-order valence-corrected chi connectivity index (χ4v) is 3.86. The molecule has 2 aromatic carbocycles. The molecule has 5 rings (SSSR count). The predicted octanol–water partition coefficient (Wildman–Crippen LogP) is 4.64. The number of alkyl halides is 2. The largest absolute Gasteiger partial charge is 0.466 e. The number of hydrogen-bond donors (Lipinski definition) is 1. The number of aromatic nitrogens is 2. The molecule has 1 N–H and O–H groups in total. The second-order valence-corrected chi connectivity index (χ2v) is 7.46. The first-order valence-corrected chi connectivity index (χ1v) is 9.77. The zero-order valence-electron chi connectivity index (χ0n) is 16.0. The number of likely N-dealkylation sites (tertiary alicyclic amines) is 1. The summed E-state index contributed by atoms with van der Waals surface area (Å²) in [5, 5.41) is 1.67. The highest BCUT2D eigenvalue weighted by Gasteiger charge is 2.47. The van der Waals surface area contributed by atoms with E-state index >= 15 is 0 Å². The average molecular weight is 407 g/mol. The minimum Gasteiger partial charge on any atom is -0.466 e. The van der Waals surface area contributed by atoms with E-state index in [4.69, 9.17) is 4.74 Å². The van der Waals surface area contributed by atoms with Crippen molar-refractivity contribution in [3.63, 3.8) is 0 Å². The number of fused-ring (bicyclic) bond motifs is 2. The summed E-state index contributed by atoms with van der Waals surface area (Å²) in [4.78, 5) is 21.9. The maximum Gasteiger partial charge on any atom is 0.287 e. The van der Waals surface area contributed by atoms with E-state index < -0.39 is 18.4 Å². The number of carbonyl (C=O) groups excluding carboxylic acids is 1. The Bertz CT molecular complexity index is 1240. The molecule has 152 valence electrons. The third-order valence-corrected chi connectivity index (χ3v) is 5.52. The number of piperidine rings is 1. The SMILES string of the molecule is O=C(c1c[nH]c2ccccc12)N1CCC(F)(F)[C@@H](Oc2ccc3ccccc3n2)C1. The van der Waals surface area contributed by atoms with Crippen molar-refractivity contribution in [3.8, 4) is 5.88 Å². The zero-order valence-corrected chi connectivity index (χ0v) is 16.0. The van der Waals surface area contributed by atoms with Crippen LogP contribution in [0.25, 0.3) is 21.8 Å². The van der Waals surface area contributed by atoms with Gasteiger partial charge < -0.3 is 14.6 Å². The fourth-order valence-electron chi connectivity index (χ4n) is 3.86. The molecule has 30 heavy (non-hydrogen) atoms. The lowest BCUT2D eigenvalue weighted by Gasteiger charge is -2.37. The molecular formula is C23H19F2N3O2. The number of nitrogens with zero attached hydrogens (tertiary/aromatic N) is 2. The van der Waals surface area contributed by atoms with Gasteiger partial charge in [0.25, 0.3) is 11.8 Å². The van der Waals surface area contributed by atoms with Crippen LogP contribution >= 0.6 is 0 Å². The van der Waals surface area contributed by atoms with Crippen LogP contribution in [0.15, 0.2) is 66.9 Å². The van der Waals surface area contributed by atoms with Crippen LogP contribution in [0.2, 0.25) is 0 Å². The Morgan fingerprint density at radius 1 is 1.10 bits per heavy atom. The van der Waals surface area contributed by atoms with E-state index in [0.29, 0.717) is 11.1 Å². The van der Waals surface area contributed by atoms with Gasteiger partial charge in [0.05, 0.1) is 17.6 Å². The summed E-state index contributed by atoms with van der Waals surface area (Å²) in [6.45, 7) is -0.240. The van der Waals surface area contributed by atoms with Crippen LogP contribution in [0.5, 0.6) is 5.88 Å². The lowest BCUT2D eigenvalue weighted by Crippen LogP contribution is -2.55. The van der Waals surface area contributed by atoms with Gasteiger partial charge in [0, 0.05) is 41.5 Å². The van der Waals surface area contributed by atoms with Crippen LogP contribution in [0.4, 0.5) is 8.78 Å². The van der Waals surface area contributed by atoms with E-state index in [1.807, 2.05) is 42.5 Å². The molecule has 0 radical (unpaired) electrons. The molecule has 1 atom stereocenters. The third-order valence-electron chi connectivity index (χ3n) is 5.52. The van der Waals surface area contributed by atoms with Crippen LogP contribution in [-0.4, -0.2) is 45.9 Å². The molecule has 7 heteroatoms. The first kappa shape index (κ1) is 18.5. The highest BCUT2D eigenvalue weighted by atomic mass is 19.3. The van der Waals surface area contributed by atoms with Crippen LogP contribution < -0.4 is 4.74 Å². The number of H-pyrrole nitrogens is 1. The molecule has 1 saturated heterocycles. The molecule has 1 amide bonds. The Morgan fingerprint density at radius 3 is 2.80 bits per heavy atom. The van der Waals surface area contributed by atoms with Gasteiger partial charge in [0.15, 0.2) is 6.10 Å². The number of para-hydroxylation sites is 2. The summed E-state index contributed by atoms with van der Waals surface area (Å²) < 4.78 is 34.8. The van der Waals surface area contributed by atoms with Gasteiger partial charge >= 0.3 is 0 Å². The number of carbonyl (C=O) groups is 1. The average Bonchev–Trinajstić information content (AvgIpc) is 3.19. The zero-order chi connectivity index (χ0) is 20.7. The molecule has 1 aliphatic rings. The normalized spacial score (nSPS) is 18.6. The molecule has 4 aromatic rings. The maximum atomic E-state index is 14.6. The van der Waals surface area contributed by atoms with Gasteiger partial charge in [-0.15, -0.1) is 0 Å². The van der Waals surface area contributed by atoms with E-state index in [2.05, 4.69) is 9.97 Å². The van der Waals surface area contributed by atoms with Crippen molar-refractivity contribution in [2.24, 2.45) is 0 Å². The summed E-state index contributed by atoms with van der Waals surface area (Å²) in [6, 6.07) is 18.2. The molecule has 0 unspecified atom stereocenters. The predicted molar refractivity (Wildman–Crippen MR) is 110 cm³/mol. The maximum absolute atomic E-state index is 14.6. The van der Waals surface area contributed by atoms with Crippen molar-refractivity contribution in [2.45, 2.75) is 18.4 Å². The van der Waals surface area contributed by atoms with Gasteiger partial charge in [-0.1, -0.05) is 36.4 Å². The van der Waals surface area contributed by atoms with Gasteiger partial charge in [-0.25, -0.2) is 13.8 Å². The van der Waals surface area contributed by atoms with Gasteiger partial charge in [-0.3, -0.25) is 4.79 Å². The number of rotatable bonds is 3. The van der Waals surface area contributed by atoms with Gasteiger partial charge in [0.1, 0.15) is 0 Å². The Hall–Kier alpha value is -3.48. The lowest BCUT2D eigenvalue weighted by molar-refractivity contribution is -0.131. The Kier molecular flexibility index (Phi) is 4.38. The standard InChI is InChI=1S/C23H19F2N3O2/c24-23(25)11-12-28(22(29)17-13-26-19-8-4-2-6-16(17)19)14-20(23)30-21-10-9-15-5-1-3-7-18(15)27-21/h1-10,13,20,26H,11-12,14H2/t20-/m0/s1. The number of ether oxygens (including phenoxy) is 1. The number of pyridine rings is 1. The Morgan fingerprint density at radius 2 is 1.90 bits per heavy atom. The molecule has 1 fully saturated rings. The molecule has 0 saturated carbocycles. The van der Waals surface area contributed by atoms with Crippen LogP contribution in [0.3, 0.4) is 0 Å². The summed E-state index contributed by atoms with van der Waals surface area (Å²) in [5.41, 5.74) is 1.97. The quantitative estimate of drug-likeness (QED) is 0.538. The molecule has 0 bridgehead atoms. The van der Waals surface area contributed by atoms with Crippen molar-refractivity contribution < 1.29 is 18.3 Å². The van der Waals surface area contributed by atoms with E-state index in [1.165, 1.54) is 4.90 Å². The third kappa shape index (κ3) is 3.26. The van der Waals surface area contributed by atoms with Crippen LogP contribution in [0.1, 0.15) is 16.8 Å². The molecular weight excluding hydrogens is 388 g/mol. The Balaban J connectivity index is 1.39. The van der Waals surface area contributed by atoms with Crippen molar-refractivity contribution in [2.75, 3.05) is 13.1 Å². The highest BCUT2D eigenvalue weighted by Crippen LogP contribution is 2.33. The minimum absolute atomic E-state index is 0.0314. The minimum atomic E-state index is -3.05. The van der Waals surface area contributed by atoms with E-state index in [9.17, 15) is 13.6 Å². The van der Waals surface area contributed by atoms with Gasteiger partial charge in [0.2, 0.25) is 5.88 Å². The number of aromatic amines is 1. The topological polar surface area (TPSA) is 58.2 Å². The second kappa shape index (κ2) is 7.09. The first-order valence-electron chi connectivity index (χ1n) is 9.77. The number of benzene rings is 2. The number of halogens is 2. The summed E-state index contributed by atoms with van der Waals surface area (Å²) in [7, 11) is 0. The second-order valence-electron chi connectivity index (χ2n) is 7.46. The number of nitrogens with one attached hydrogen (secondary N) is 1. The van der Waals surface area contributed by atoms with Crippen LogP contribution in [-0.2, 0) is 0 Å². The Labute approximate surface area is 171 Å². The van der Waals surface area contributed by atoms with Crippen molar-refractivity contribution in [1.82, 2.24) is 14.9 Å². The molecule has 3 heterocycles. The van der Waals surface area contributed by atoms with E-state index in [0.717, 1.165) is 16.3 Å². The molecule has 2 aromatic heterocycles. The highest BCUT2D eigenvalue weighted by molar-refractivity contribution is 6.06. The van der Waals surface area contributed by atoms with E-state index in [-0.39, 0.29) is 24.9 Å². The summed E-state index contributed by atoms with van der Waals surface area (Å²) in [5.74, 6) is -3.22. The molecule has 0 aliphatic carbocycles. The summed E-state index contributed by atoms with van der Waals surface area (Å²) in [6.07, 6.45) is -0.297. The fraction of sp³-hybridized carbons (Fsp3) is 0.217. The molecule has 5 nitrogen and oxygen atoms in total. The van der Waals surface area contributed by atoms with E-state index in [1.54, 1.807) is 24.4 Å². The molecule has 1 aliphatic heterocycles. The monoisotopic (exact) mass is 407 g/mol. The smallest absolute Gasteiger partial charge is 0.287 e. The van der Waals surface area contributed by atoms with Crippen molar-refractivity contribution >= 4 is 27.7 Å². The summed E-state index contributed by atoms with van der Waals surface area (Å²) >= 11 is 0. The lowest BCUT2D eigenvalue weighted by atomic mass is 10.0. The number of amides is 1. The van der Waals surface area contributed by atoms with Gasteiger partial charge in [-0.2, -0.15) is 0 Å². The first-order chi connectivity index (χ1) is 14.5. The van der Waals surface area contributed by atoms with Crippen molar-refractivity contribution in [1.29, 1.82) is 0 Å². The van der Waals surface area contributed by atoms with Crippen LogP contribution in [0, 0.1) is 0 Å². The number of hydrogen-bond acceptors (Lipinski definition) is 3. The van der Waals surface area contributed by atoms with Crippen molar-refractivity contribution in [3.05, 3.63) is 72.4 Å². The van der Waals surface area contributed by atoms with Gasteiger partial charge in [-0.05, 0) is 18.2 Å². The molecule has 0 spiro atoms.